The van der Waals surface area contributed by atoms with Gasteiger partial charge in [0.15, 0.2) is 0 Å². The molecule has 0 aliphatic rings. The average molecular weight is 338 g/mol. The number of carbonyl (C=O) groups excluding carboxylic acids is 1. The molecule has 3 heteroatoms. The molecule has 1 aromatic rings. The molecule has 1 heterocycles. The molecule has 0 unspecified atom stereocenters. The third-order valence-corrected chi connectivity index (χ3v) is 5.08. The van der Waals surface area contributed by atoms with E-state index in [1.54, 1.807) is 11.3 Å². The van der Waals surface area contributed by atoms with Crippen LogP contribution in [-0.4, -0.2) is 5.91 Å². The molecule has 1 N–H and O–H groups in total. The highest BCUT2D eigenvalue weighted by Gasteiger charge is 2.02. The van der Waals surface area contributed by atoms with Gasteiger partial charge < -0.3 is 5.32 Å². The molecule has 0 saturated carbocycles. The fourth-order valence-corrected chi connectivity index (χ4v) is 3.49. The Bertz CT molecular complexity index is 375. The maximum atomic E-state index is 11.7. The Kier molecular flexibility index (Phi) is 13.0. The molecular weight excluding hydrogens is 302 g/mol. The van der Waals surface area contributed by atoms with Gasteiger partial charge in [0.1, 0.15) is 0 Å². The van der Waals surface area contributed by atoms with E-state index in [2.05, 4.69) is 12.2 Å². The van der Waals surface area contributed by atoms with Crippen LogP contribution in [0, 0.1) is 0 Å². The van der Waals surface area contributed by atoms with E-state index in [-0.39, 0.29) is 5.91 Å². The zero-order valence-electron chi connectivity index (χ0n) is 14.9. The summed E-state index contributed by atoms with van der Waals surface area (Å²) in [4.78, 5) is 11.7. The van der Waals surface area contributed by atoms with Crippen LogP contribution in [0.4, 0.5) is 5.00 Å². The molecule has 1 rings (SSSR count). The predicted molar refractivity (Wildman–Crippen MR) is 103 cm³/mol. The lowest BCUT2D eigenvalue weighted by Gasteiger charge is -2.04. The summed E-state index contributed by atoms with van der Waals surface area (Å²) in [5, 5.41) is 5.89. The van der Waals surface area contributed by atoms with Gasteiger partial charge in [0.25, 0.3) is 0 Å². The van der Waals surface area contributed by atoms with E-state index in [1.807, 2.05) is 17.5 Å². The number of anilines is 1. The molecule has 0 radical (unpaired) electrons. The minimum absolute atomic E-state index is 0.163. The number of hydrogen-bond donors (Lipinski definition) is 1. The van der Waals surface area contributed by atoms with Crippen molar-refractivity contribution in [2.75, 3.05) is 5.32 Å². The topological polar surface area (TPSA) is 29.1 Å². The summed E-state index contributed by atoms with van der Waals surface area (Å²) in [6, 6.07) is 3.91. The first-order chi connectivity index (χ1) is 11.3. The SMILES string of the molecule is CCCCCCCCCCCCCCCC(=O)Nc1cccs1. The first kappa shape index (κ1) is 20.2. The van der Waals surface area contributed by atoms with Crippen LogP contribution in [0.5, 0.6) is 0 Å². The van der Waals surface area contributed by atoms with Crippen LogP contribution in [0.2, 0.25) is 0 Å². The van der Waals surface area contributed by atoms with E-state index >= 15 is 0 Å². The van der Waals surface area contributed by atoms with Crippen molar-refractivity contribution < 1.29 is 4.79 Å². The smallest absolute Gasteiger partial charge is 0.224 e. The summed E-state index contributed by atoms with van der Waals surface area (Å²) in [5.41, 5.74) is 0. The van der Waals surface area contributed by atoms with Gasteiger partial charge in [-0.25, -0.2) is 0 Å². The number of amides is 1. The van der Waals surface area contributed by atoms with Gasteiger partial charge in [-0.3, -0.25) is 4.79 Å². The van der Waals surface area contributed by atoms with Gasteiger partial charge in [-0.05, 0) is 23.9 Å². The van der Waals surface area contributed by atoms with Crippen molar-refractivity contribution in [3.05, 3.63) is 17.5 Å². The Labute approximate surface area is 147 Å². The molecule has 0 bridgehead atoms. The largest absolute Gasteiger partial charge is 0.318 e. The number of hydrogen-bond acceptors (Lipinski definition) is 2. The molecule has 1 amide bonds. The van der Waals surface area contributed by atoms with Crippen LogP contribution in [-0.2, 0) is 4.79 Å². The fraction of sp³-hybridized carbons (Fsp3) is 0.750. The summed E-state index contributed by atoms with van der Waals surface area (Å²) < 4.78 is 0. The average Bonchev–Trinajstić information content (AvgIpc) is 3.04. The number of rotatable bonds is 15. The van der Waals surface area contributed by atoms with Crippen molar-refractivity contribution in [3.8, 4) is 0 Å². The minimum atomic E-state index is 0.163. The van der Waals surface area contributed by atoms with Crippen molar-refractivity contribution >= 4 is 22.2 Å². The summed E-state index contributed by atoms with van der Waals surface area (Å²) in [6.45, 7) is 2.27. The maximum absolute atomic E-state index is 11.7. The van der Waals surface area contributed by atoms with Gasteiger partial charge >= 0.3 is 0 Å². The van der Waals surface area contributed by atoms with Gasteiger partial charge in [0, 0.05) is 6.42 Å². The number of carbonyl (C=O) groups is 1. The third kappa shape index (κ3) is 12.3. The van der Waals surface area contributed by atoms with Gasteiger partial charge in [0.05, 0.1) is 5.00 Å². The van der Waals surface area contributed by atoms with Crippen molar-refractivity contribution in [2.45, 2.75) is 96.8 Å². The van der Waals surface area contributed by atoms with Crippen LogP contribution in [0.3, 0.4) is 0 Å². The Morgan fingerprint density at radius 1 is 0.870 bits per heavy atom. The molecule has 132 valence electrons. The van der Waals surface area contributed by atoms with Gasteiger partial charge in [-0.15, -0.1) is 11.3 Å². The zero-order valence-corrected chi connectivity index (χ0v) is 15.8. The normalized spacial score (nSPS) is 10.8. The molecule has 0 aliphatic carbocycles. The highest BCUT2D eigenvalue weighted by atomic mass is 32.1. The number of nitrogens with one attached hydrogen (secondary N) is 1. The lowest BCUT2D eigenvalue weighted by Crippen LogP contribution is -2.09. The maximum Gasteiger partial charge on any atom is 0.224 e. The van der Waals surface area contributed by atoms with Gasteiger partial charge in [0.2, 0.25) is 5.91 Å². The Hall–Kier alpha value is -0.830. The van der Waals surface area contributed by atoms with E-state index in [4.69, 9.17) is 0 Å². The van der Waals surface area contributed by atoms with E-state index in [9.17, 15) is 4.79 Å². The number of unbranched alkanes of at least 4 members (excludes halogenated alkanes) is 12. The molecule has 0 atom stereocenters. The molecule has 0 fully saturated rings. The summed E-state index contributed by atoms with van der Waals surface area (Å²) >= 11 is 1.58. The molecule has 0 saturated heterocycles. The monoisotopic (exact) mass is 337 g/mol. The molecule has 0 aromatic carbocycles. The van der Waals surface area contributed by atoms with Gasteiger partial charge in [-0.1, -0.05) is 84.0 Å². The van der Waals surface area contributed by atoms with Crippen LogP contribution in [0.25, 0.3) is 0 Å². The number of thiophene rings is 1. The second kappa shape index (κ2) is 14.7. The quantitative estimate of drug-likeness (QED) is 0.338. The predicted octanol–water partition coefficient (Wildman–Crippen LogP) is 7.17. The van der Waals surface area contributed by atoms with Crippen LogP contribution >= 0.6 is 11.3 Å². The van der Waals surface area contributed by atoms with Crippen molar-refractivity contribution in [3.63, 3.8) is 0 Å². The van der Waals surface area contributed by atoms with E-state index < -0.39 is 0 Å². The summed E-state index contributed by atoms with van der Waals surface area (Å²) in [5.74, 6) is 0.163. The highest BCUT2D eigenvalue weighted by Crippen LogP contribution is 2.16. The fourth-order valence-electron chi connectivity index (χ4n) is 2.85. The first-order valence-corrected chi connectivity index (χ1v) is 10.5. The minimum Gasteiger partial charge on any atom is -0.318 e. The van der Waals surface area contributed by atoms with E-state index in [0.29, 0.717) is 6.42 Å². The second-order valence-electron chi connectivity index (χ2n) is 6.52. The van der Waals surface area contributed by atoms with E-state index in [0.717, 1.165) is 11.4 Å². The highest BCUT2D eigenvalue weighted by molar-refractivity contribution is 7.14. The molecule has 23 heavy (non-hydrogen) atoms. The van der Waals surface area contributed by atoms with Crippen LogP contribution in [0.15, 0.2) is 17.5 Å². The van der Waals surface area contributed by atoms with Crippen molar-refractivity contribution in [1.82, 2.24) is 0 Å². The van der Waals surface area contributed by atoms with Crippen molar-refractivity contribution in [2.24, 2.45) is 0 Å². The molecule has 1 aromatic heterocycles. The van der Waals surface area contributed by atoms with Gasteiger partial charge in [-0.2, -0.15) is 0 Å². The molecule has 2 nitrogen and oxygen atoms in total. The summed E-state index contributed by atoms with van der Waals surface area (Å²) in [7, 11) is 0. The molecule has 0 spiro atoms. The third-order valence-electron chi connectivity index (χ3n) is 4.29. The zero-order chi connectivity index (χ0) is 16.6. The standard InChI is InChI=1S/C20H35NOS/c1-2-3-4-5-6-7-8-9-10-11-12-13-14-16-19(22)21-20-17-15-18-23-20/h15,17-18H,2-14,16H2,1H3,(H,21,22). The molecule has 0 aliphatic heterocycles. The van der Waals surface area contributed by atoms with Crippen molar-refractivity contribution in [1.29, 1.82) is 0 Å². The lowest BCUT2D eigenvalue weighted by molar-refractivity contribution is -0.116. The second-order valence-corrected chi connectivity index (χ2v) is 7.47. The van der Waals surface area contributed by atoms with Crippen LogP contribution in [0.1, 0.15) is 96.8 Å². The van der Waals surface area contributed by atoms with E-state index in [1.165, 1.54) is 77.0 Å². The Morgan fingerprint density at radius 2 is 1.39 bits per heavy atom. The molecular formula is C20H35NOS. The Morgan fingerprint density at radius 3 is 1.87 bits per heavy atom. The summed E-state index contributed by atoms with van der Waals surface area (Å²) in [6.07, 6.45) is 18.1. The van der Waals surface area contributed by atoms with Crippen LogP contribution < -0.4 is 5.32 Å². The first-order valence-electron chi connectivity index (χ1n) is 9.66. The Balaban J connectivity index is 1.77. The lowest BCUT2D eigenvalue weighted by atomic mass is 10.0.